The van der Waals surface area contributed by atoms with Crippen LogP contribution in [0.2, 0.25) is 0 Å². The van der Waals surface area contributed by atoms with Gasteiger partial charge in [-0.2, -0.15) is 0 Å². The van der Waals surface area contributed by atoms with Crippen LogP contribution in [0.25, 0.3) is 11.6 Å². The van der Waals surface area contributed by atoms with Crippen LogP contribution in [-0.2, 0) is 4.79 Å². The highest BCUT2D eigenvalue weighted by Crippen LogP contribution is 2.21. The molecule has 0 unspecified atom stereocenters. The molecule has 1 heterocycles. The van der Waals surface area contributed by atoms with Crippen LogP contribution in [0.5, 0.6) is 0 Å². The number of hydrogen-bond acceptors (Lipinski definition) is 2. The highest BCUT2D eigenvalue weighted by molar-refractivity contribution is 6.19. The van der Waals surface area contributed by atoms with Crippen molar-refractivity contribution >= 4 is 23.2 Å². The normalized spacial score (nSPS) is 14.8. The first-order valence-electron chi connectivity index (χ1n) is 10.5. The van der Waals surface area contributed by atoms with Crippen molar-refractivity contribution in [1.29, 1.82) is 0 Å². The van der Waals surface area contributed by atoms with E-state index in [0.29, 0.717) is 24.2 Å². The van der Waals surface area contributed by atoms with Crippen LogP contribution in [0.1, 0.15) is 11.1 Å². The monoisotopic (exact) mass is 412 g/mol. The Hall–Kier alpha value is -3.66. The minimum absolute atomic E-state index is 0.00269. The molecule has 0 atom stereocenters. The number of halogens is 1. The number of amides is 1. The molecule has 0 bridgehead atoms. The third kappa shape index (κ3) is 5.10. The fourth-order valence-corrected chi connectivity index (χ4v) is 3.74. The van der Waals surface area contributed by atoms with Crippen LogP contribution in [-0.4, -0.2) is 37.0 Å². The summed E-state index contributed by atoms with van der Waals surface area (Å²) in [5, 5.41) is 0. The van der Waals surface area contributed by atoms with Gasteiger partial charge in [-0.3, -0.25) is 4.79 Å². The average molecular weight is 413 g/mol. The Morgan fingerprint density at radius 1 is 0.774 bits per heavy atom. The van der Waals surface area contributed by atoms with Crippen LogP contribution >= 0.6 is 0 Å². The molecule has 1 fully saturated rings. The van der Waals surface area contributed by atoms with E-state index in [1.54, 1.807) is 36.4 Å². The van der Waals surface area contributed by atoms with E-state index >= 15 is 0 Å². The number of para-hydroxylation sites is 1. The van der Waals surface area contributed by atoms with Gasteiger partial charge in [0.25, 0.3) is 5.91 Å². The number of piperazine rings is 1. The molecule has 0 aromatic heterocycles. The third-order valence-electron chi connectivity index (χ3n) is 5.45. The maximum atomic E-state index is 13.9. The summed E-state index contributed by atoms with van der Waals surface area (Å²) in [5.41, 5.74) is 3.15. The summed E-state index contributed by atoms with van der Waals surface area (Å²) in [7, 11) is 0. The predicted octanol–water partition coefficient (Wildman–Crippen LogP) is 5.27. The Kier molecular flexibility index (Phi) is 6.58. The van der Waals surface area contributed by atoms with E-state index in [1.807, 2.05) is 53.4 Å². The molecule has 3 aromatic carbocycles. The first-order chi connectivity index (χ1) is 15.2. The second kappa shape index (κ2) is 9.90. The Morgan fingerprint density at radius 3 is 2.06 bits per heavy atom. The smallest absolute Gasteiger partial charge is 0.254 e. The van der Waals surface area contributed by atoms with Gasteiger partial charge in [-0.1, -0.05) is 78.9 Å². The van der Waals surface area contributed by atoms with Gasteiger partial charge in [0.1, 0.15) is 5.82 Å². The number of benzene rings is 3. The molecule has 1 saturated heterocycles. The fraction of sp³-hybridized carbons (Fsp3) is 0.148. The topological polar surface area (TPSA) is 23.6 Å². The quantitative estimate of drug-likeness (QED) is 0.421. The van der Waals surface area contributed by atoms with Crippen molar-refractivity contribution in [2.75, 3.05) is 31.1 Å². The van der Waals surface area contributed by atoms with Gasteiger partial charge in [-0.05, 0) is 29.8 Å². The number of carbonyl (C=O) groups excluding carboxylic acids is 1. The van der Waals surface area contributed by atoms with E-state index in [-0.39, 0.29) is 11.7 Å². The van der Waals surface area contributed by atoms with E-state index in [0.717, 1.165) is 18.7 Å². The summed E-state index contributed by atoms with van der Waals surface area (Å²) < 4.78 is 13.9. The number of hydrogen-bond donors (Lipinski definition) is 0. The van der Waals surface area contributed by atoms with Crippen molar-refractivity contribution in [3.63, 3.8) is 0 Å². The van der Waals surface area contributed by atoms with E-state index < -0.39 is 0 Å². The van der Waals surface area contributed by atoms with Crippen LogP contribution in [0, 0.1) is 5.82 Å². The zero-order valence-corrected chi connectivity index (χ0v) is 17.3. The predicted molar refractivity (Wildman–Crippen MR) is 125 cm³/mol. The van der Waals surface area contributed by atoms with Crippen LogP contribution in [0.3, 0.4) is 0 Å². The summed E-state index contributed by atoms with van der Waals surface area (Å²) >= 11 is 0. The molecule has 3 aromatic rings. The van der Waals surface area contributed by atoms with Gasteiger partial charge < -0.3 is 9.80 Å². The maximum absolute atomic E-state index is 13.9. The minimum Gasteiger partial charge on any atom is -0.368 e. The molecule has 1 aliphatic rings. The van der Waals surface area contributed by atoms with Gasteiger partial charge in [0.15, 0.2) is 0 Å². The summed E-state index contributed by atoms with van der Waals surface area (Å²) in [4.78, 5) is 17.6. The van der Waals surface area contributed by atoms with Crippen LogP contribution in [0.15, 0.2) is 97.1 Å². The Balaban J connectivity index is 1.52. The Labute approximate surface area is 182 Å². The molecule has 1 aliphatic heterocycles. The molecule has 1 amide bonds. The van der Waals surface area contributed by atoms with Crippen molar-refractivity contribution in [2.24, 2.45) is 0 Å². The van der Waals surface area contributed by atoms with E-state index in [1.165, 1.54) is 11.8 Å². The molecular weight excluding hydrogens is 387 g/mol. The number of rotatable bonds is 5. The SMILES string of the molecule is O=C(C(=CC=Cc1ccccc1F)c1ccccc1)N1CCN(c2ccccc2)CC1. The molecule has 156 valence electrons. The molecule has 0 spiro atoms. The standard InChI is InChI=1S/C27H25FN2O/c28-26-17-8-7-12-23(26)13-9-16-25(22-10-3-1-4-11-22)27(31)30-20-18-29(19-21-30)24-14-5-2-6-15-24/h1-17H,18-21H2. The van der Waals surface area contributed by atoms with Gasteiger partial charge in [-0.15, -0.1) is 0 Å². The van der Waals surface area contributed by atoms with Crippen molar-refractivity contribution in [3.8, 4) is 0 Å². The van der Waals surface area contributed by atoms with Gasteiger partial charge in [0.05, 0.1) is 0 Å². The van der Waals surface area contributed by atoms with E-state index in [9.17, 15) is 9.18 Å². The lowest BCUT2D eigenvalue weighted by atomic mass is 10.0. The number of allylic oxidation sites excluding steroid dienone is 2. The van der Waals surface area contributed by atoms with Gasteiger partial charge in [0, 0.05) is 43.0 Å². The van der Waals surface area contributed by atoms with Gasteiger partial charge >= 0.3 is 0 Å². The van der Waals surface area contributed by atoms with Crippen molar-refractivity contribution in [1.82, 2.24) is 4.90 Å². The highest BCUT2D eigenvalue weighted by atomic mass is 19.1. The lowest BCUT2D eigenvalue weighted by Gasteiger charge is -2.36. The van der Waals surface area contributed by atoms with Crippen molar-refractivity contribution < 1.29 is 9.18 Å². The lowest BCUT2D eigenvalue weighted by molar-refractivity contribution is -0.125. The van der Waals surface area contributed by atoms with Crippen LogP contribution in [0.4, 0.5) is 10.1 Å². The number of carbonyl (C=O) groups is 1. The minimum atomic E-state index is -0.281. The molecule has 0 saturated carbocycles. The van der Waals surface area contributed by atoms with Crippen molar-refractivity contribution in [2.45, 2.75) is 0 Å². The van der Waals surface area contributed by atoms with Crippen LogP contribution < -0.4 is 4.90 Å². The molecule has 31 heavy (non-hydrogen) atoms. The number of anilines is 1. The summed E-state index contributed by atoms with van der Waals surface area (Å²) in [5.74, 6) is -0.283. The third-order valence-corrected chi connectivity index (χ3v) is 5.45. The van der Waals surface area contributed by atoms with Crippen molar-refractivity contribution in [3.05, 3.63) is 114 Å². The zero-order valence-electron chi connectivity index (χ0n) is 17.3. The summed E-state index contributed by atoms with van der Waals surface area (Å²) in [6.45, 7) is 2.91. The van der Waals surface area contributed by atoms with E-state index in [4.69, 9.17) is 0 Å². The molecule has 4 rings (SSSR count). The largest absolute Gasteiger partial charge is 0.368 e. The Bertz CT molecular complexity index is 1070. The summed E-state index contributed by atoms with van der Waals surface area (Å²) in [6.07, 6.45) is 5.23. The first kappa shape index (κ1) is 20.6. The zero-order chi connectivity index (χ0) is 21.5. The second-order valence-corrected chi connectivity index (χ2v) is 7.44. The van der Waals surface area contributed by atoms with Gasteiger partial charge in [-0.25, -0.2) is 4.39 Å². The molecule has 0 N–H and O–H groups in total. The highest BCUT2D eigenvalue weighted by Gasteiger charge is 2.24. The average Bonchev–Trinajstić information content (AvgIpc) is 2.84. The van der Waals surface area contributed by atoms with E-state index in [2.05, 4.69) is 17.0 Å². The van der Waals surface area contributed by atoms with Gasteiger partial charge in [0.2, 0.25) is 0 Å². The molecule has 0 aliphatic carbocycles. The summed E-state index contributed by atoms with van der Waals surface area (Å²) in [6, 6.07) is 26.5. The maximum Gasteiger partial charge on any atom is 0.254 e. The molecule has 4 heteroatoms. The molecular formula is C27H25FN2O. The molecule has 0 radical (unpaired) electrons. The molecule has 3 nitrogen and oxygen atoms in total. The number of nitrogens with zero attached hydrogens (tertiary/aromatic N) is 2. The second-order valence-electron chi connectivity index (χ2n) is 7.44. The fourth-order valence-electron chi connectivity index (χ4n) is 3.74. The Morgan fingerprint density at radius 2 is 1.39 bits per heavy atom. The first-order valence-corrected chi connectivity index (χ1v) is 10.5. The lowest BCUT2D eigenvalue weighted by Crippen LogP contribution is -2.49.